The lowest BCUT2D eigenvalue weighted by molar-refractivity contribution is -0.173. The number of aliphatic hydroxyl groups excluding tert-OH is 3. The fraction of sp³-hybridized carbons (Fsp3) is 0.462. The Morgan fingerprint density at radius 1 is 1.64 bits per heavy atom. The number of ketones is 1. The van der Waals surface area contributed by atoms with Gasteiger partial charge in [0.2, 0.25) is 5.72 Å². The summed E-state index contributed by atoms with van der Waals surface area (Å²) >= 11 is 0. The molecular weight excluding hydrogens is 294 g/mol. The molecular formula is C13H15N3O6. The zero-order valence-electron chi connectivity index (χ0n) is 11.6. The summed E-state index contributed by atoms with van der Waals surface area (Å²) in [7, 11) is 0. The Bertz CT molecular complexity index is 709. The van der Waals surface area contributed by atoms with Crippen molar-refractivity contribution in [2.45, 2.75) is 31.0 Å². The number of nitrogens with two attached hydrogens (primary N) is 1. The second-order valence-corrected chi connectivity index (χ2v) is 4.86. The van der Waals surface area contributed by atoms with Gasteiger partial charge >= 0.3 is 5.69 Å². The zero-order chi connectivity index (χ0) is 16.7. The standard InChI is InChI=1S/C13H15N3O6/c1-3-7-4-16(12(21)15-11(7)14)13(6(2)18)10(20)9(19)8(5-17)22-13/h1,4,8-10,17,19-20H,5H2,2H3,(H2,14,15,21)/t8-,9-,10-,13-/m1/s1. The maximum atomic E-state index is 12.1. The van der Waals surface area contributed by atoms with Gasteiger partial charge in [-0.05, 0) is 6.92 Å². The van der Waals surface area contributed by atoms with Crippen LogP contribution in [-0.2, 0) is 15.3 Å². The van der Waals surface area contributed by atoms with Gasteiger partial charge in [0.25, 0.3) is 0 Å². The molecule has 0 aromatic carbocycles. The number of hydrogen-bond donors (Lipinski definition) is 4. The highest BCUT2D eigenvalue weighted by atomic mass is 16.6. The minimum absolute atomic E-state index is 0.0120. The van der Waals surface area contributed by atoms with Gasteiger partial charge in [-0.25, -0.2) is 4.79 Å². The van der Waals surface area contributed by atoms with Gasteiger partial charge in [-0.2, -0.15) is 4.98 Å². The molecule has 118 valence electrons. The van der Waals surface area contributed by atoms with Gasteiger partial charge in [-0.1, -0.05) is 5.92 Å². The molecule has 2 heterocycles. The maximum absolute atomic E-state index is 12.1. The number of carbonyl (C=O) groups excluding carboxylic acids is 1. The van der Waals surface area contributed by atoms with E-state index in [1.807, 2.05) is 0 Å². The predicted octanol–water partition coefficient (Wildman–Crippen LogP) is -2.84. The third-order valence-corrected chi connectivity index (χ3v) is 3.59. The van der Waals surface area contributed by atoms with Crippen molar-refractivity contribution in [2.24, 2.45) is 0 Å². The van der Waals surface area contributed by atoms with E-state index in [9.17, 15) is 19.8 Å². The zero-order valence-corrected chi connectivity index (χ0v) is 11.6. The Labute approximate surface area is 125 Å². The van der Waals surface area contributed by atoms with Gasteiger partial charge in [-0.3, -0.25) is 9.36 Å². The van der Waals surface area contributed by atoms with Crippen LogP contribution in [0.25, 0.3) is 0 Å². The lowest BCUT2D eigenvalue weighted by atomic mass is 9.98. The van der Waals surface area contributed by atoms with Gasteiger partial charge in [0.05, 0.1) is 12.2 Å². The number of aliphatic hydroxyl groups is 3. The molecule has 9 nitrogen and oxygen atoms in total. The normalized spacial score (nSPS) is 31.0. The first-order chi connectivity index (χ1) is 10.3. The van der Waals surface area contributed by atoms with Crippen molar-refractivity contribution >= 4 is 11.6 Å². The Balaban J connectivity index is 2.73. The molecule has 5 N–H and O–H groups in total. The minimum atomic E-state index is -2.24. The average molecular weight is 309 g/mol. The van der Waals surface area contributed by atoms with Gasteiger partial charge in [-0.15, -0.1) is 6.42 Å². The van der Waals surface area contributed by atoms with Crippen molar-refractivity contribution in [3.8, 4) is 12.3 Å². The third-order valence-electron chi connectivity index (χ3n) is 3.59. The first kappa shape index (κ1) is 16.1. The number of nitrogen functional groups attached to an aromatic ring is 1. The molecule has 1 saturated heterocycles. The molecule has 1 aliphatic rings. The quantitative estimate of drug-likeness (QED) is 0.436. The van der Waals surface area contributed by atoms with Gasteiger partial charge in [0, 0.05) is 6.20 Å². The molecule has 4 atom stereocenters. The molecule has 0 amide bonds. The van der Waals surface area contributed by atoms with Crippen LogP contribution < -0.4 is 11.4 Å². The smallest absolute Gasteiger partial charge is 0.352 e. The number of anilines is 1. The molecule has 22 heavy (non-hydrogen) atoms. The van der Waals surface area contributed by atoms with Crippen molar-refractivity contribution < 1.29 is 24.9 Å². The summed E-state index contributed by atoms with van der Waals surface area (Å²) in [6, 6.07) is 0. The van der Waals surface area contributed by atoms with E-state index in [4.69, 9.17) is 22.0 Å². The summed E-state index contributed by atoms with van der Waals surface area (Å²) in [5.41, 5.74) is 2.27. The van der Waals surface area contributed by atoms with Crippen LogP contribution in [0.5, 0.6) is 0 Å². The number of ether oxygens (including phenoxy) is 1. The molecule has 1 aromatic heterocycles. The highest BCUT2D eigenvalue weighted by molar-refractivity contribution is 5.84. The second kappa shape index (κ2) is 5.51. The number of hydrogen-bond acceptors (Lipinski definition) is 8. The fourth-order valence-corrected chi connectivity index (χ4v) is 2.43. The van der Waals surface area contributed by atoms with Gasteiger partial charge in [0.1, 0.15) is 24.1 Å². The minimum Gasteiger partial charge on any atom is -0.394 e. The molecule has 0 radical (unpaired) electrons. The highest BCUT2D eigenvalue weighted by Gasteiger charge is 2.59. The number of rotatable bonds is 3. The van der Waals surface area contributed by atoms with Crippen LogP contribution in [0.15, 0.2) is 11.0 Å². The Morgan fingerprint density at radius 3 is 2.73 bits per heavy atom. The summed E-state index contributed by atoms with van der Waals surface area (Å²) in [6.45, 7) is 0.403. The Morgan fingerprint density at radius 2 is 2.27 bits per heavy atom. The third kappa shape index (κ3) is 2.10. The van der Waals surface area contributed by atoms with Crippen molar-refractivity contribution in [3.63, 3.8) is 0 Å². The molecule has 1 fully saturated rings. The first-order valence-corrected chi connectivity index (χ1v) is 6.31. The Kier molecular flexibility index (Phi) is 4.04. The molecule has 0 spiro atoms. The van der Waals surface area contributed by atoms with Gasteiger partial charge in [0.15, 0.2) is 5.78 Å². The Hall–Kier alpha value is -2.25. The maximum Gasteiger partial charge on any atom is 0.352 e. The molecule has 0 unspecified atom stereocenters. The molecule has 0 bridgehead atoms. The van der Waals surface area contributed by atoms with E-state index >= 15 is 0 Å². The van der Waals surface area contributed by atoms with Crippen molar-refractivity contribution in [3.05, 3.63) is 22.2 Å². The summed E-state index contributed by atoms with van der Waals surface area (Å²) in [4.78, 5) is 27.6. The fourth-order valence-electron chi connectivity index (χ4n) is 2.43. The predicted molar refractivity (Wildman–Crippen MR) is 73.5 cm³/mol. The topological polar surface area (TPSA) is 148 Å². The molecule has 0 saturated carbocycles. The summed E-state index contributed by atoms with van der Waals surface area (Å²) in [5.74, 6) is 1.20. The monoisotopic (exact) mass is 309 g/mol. The van der Waals surface area contributed by atoms with E-state index in [2.05, 4.69) is 10.9 Å². The molecule has 0 aliphatic carbocycles. The second-order valence-electron chi connectivity index (χ2n) is 4.86. The van der Waals surface area contributed by atoms with Crippen LogP contribution in [-0.4, -0.2) is 55.6 Å². The average Bonchev–Trinajstić information content (AvgIpc) is 2.73. The number of aromatic nitrogens is 2. The number of terminal acetylenes is 1. The van der Waals surface area contributed by atoms with Crippen LogP contribution in [0.1, 0.15) is 12.5 Å². The first-order valence-electron chi connectivity index (χ1n) is 6.31. The van der Waals surface area contributed by atoms with E-state index in [-0.39, 0.29) is 11.4 Å². The van der Waals surface area contributed by atoms with Crippen molar-refractivity contribution in [1.29, 1.82) is 0 Å². The SMILES string of the molecule is C#Cc1cn([C@]2(C(C)=O)O[C@H](CO)[C@@H](O)[C@H]2O)c(=O)nc1N. The van der Waals surface area contributed by atoms with Crippen LogP contribution in [0.4, 0.5) is 5.82 Å². The molecule has 9 heteroatoms. The van der Waals surface area contributed by atoms with E-state index < -0.39 is 42.1 Å². The van der Waals surface area contributed by atoms with Crippen LogP contribution in [0.3, 0.4) is 0 Å². The van der Waals surface area contributed by atoms with Crippen LogP contribution in [0.2, 0.25) is 0 Å². The van der Waals surface area contributed by atoms with Crippen LogP contribution >= 0.6 is 0 Å². The molecule has 2 rings (SSSR count). The summed E-state index contributed by atoms with van der Waals surface area (Å²) in [6.07, 6.45) is 1.66. The number of Topliss-reactive ketones (excluding diaryl/α,β-unsaturated/α-hetero) is 1. The van der Waals surface area contributed by atoms with Crippen molar-refractivity contribution in [2.75, 3.05) is 12.3 Å². The van der Waals surface area contributed by atoms with Gasteiger partial charge < -0.3 is 25.8 Å². The van der Waals surface area contributed by atoms with E-state index in [0.717, 1.165) is 13.1 Å². The van der Waals surface area contributed by atoms with E-state index in [1.165, 1.54) is 0 Å². The lowest BCUT2D eigenvalue weighted by Crippen LogP contribution is -2.55. The van der Waals surface area contributed by atoms with Crippen molar-refractivity contribution in [1.82, 2.24) is 9.55 Å². The molecule has 1 aromatic rings. The molecule has 1 aliphatic heterocycles. The lowest BCUT2D eigenvalue weighted by Gasteiger charge is -2.31. The van der Waals surface area contributed by atoms with Crippen LogP contribution in [0, 0.1) is 12.3 Å². The van der Waals surface area contributed by atoms with E-state index in [0.29, 0.717) is 4.57 Å². The van der Waals surface area contributed by atoms with E-state index in [1.54, 1.807) is 0 Å². The number of carbonyl (C=O) groups is 1. The summed E-state index contributed by atoms with van der Waals surface area (Å²) < 4.78 is 5.99. The largest absolute Gasteiger partial charge is 0.394 e. The summed E-state index contributed by atoms with van der Waals surface area (Å²) in [5, 5.41) is 29.3. The number of nitrogens with zero attached hydrogens (tertiary/aromatic N) is 2. The highest BCUT2D eigenvalue weighted by Crippen LogP contribution is 2.35.